The summed E-state index contributed by atoms with van der Waals surface area (Å²) in [5.41, 5.74) is 1.15. The Kier molecular flexibility index (Phi) is 3.71. The van der Waals surface area contributed by atoms with Crippen LogP contribution in [0.2, 0.25) is 0 Å². The molecule has 2 amide bonds. The molecule has 5 nitrogen and oxygen atoms in total. The van der Waals surface area contributed by atoms with Crippen LogP contribution in [0.4, 0.5) is 10.5 Å². The Balaban J connectivity index is 2.08. The lowest BCUT2D eigenvalue weighted by atomic mass is 10.2. The molecule has 1 aliphatic heterocycles. The fourth-order valence-corrected chi connectivity index (χ4v) is 1.76. The standard InChI is InChI=1S/C14H14N2O3/c1-3-10(2)19-13(17)11-4-6-12(7-5-11)16-9-8-15-14(16)18/h1,4-7,10H,8-9H2,2H3,(H,15,18)/t10-/m1/s1. The molecule has 1 heterocycles. The molecule has 0 aliphatic carbocycles. The number of nitrogens with zero attached hydrogens (tertiary/aromatic N) is 1. The van der Waals surface area contributed by atoms with Gasteiger partial charge >= 0.3 is 12.0 Å². The van der Waals surface area contributed by atoms with Crippen LogP contribution in [-0.2, 0) is 4.74 Å². The number of amides is 2. The molecular weight excluding hydrogens is 244 g/mol. The van der Waals surface area contributed by atoms with E-state index >= 15 is 0 Å². The van der Waals surface area contributed by atoms with Gasteiger partial charge in [-0.15, -0.1) is 6.42 Å². The van der Waals surface area contributed by atoms with Gasteiger partial charge in [-0.2, -0.15) is 0 Å². The van der Waals surface area contributed by atoms with E-state index in [4.69, 9.17) is 11.2 Å². The average Bonchev–Trinajstić information content (AvgIpc) is 2.85. The van der Waals surface area contributed by atoms with Gasteiger partial charge in [0.1, 0.15) is 0 Å². The van der Waals surface area contributed by atoms with E-state index in [1.165, 1.54) is 0 Å². The summed E-state index contributed by atoms with van der Waals surface area (Å²) >= 11 is 0. The number of nitrogens with one attached hydrogen (secondary N) is 1. The van der Waals surface area contributed by atoms with Gasteiger partial charge in [-0.25, -0.2) is 9.59 Å². The van der Waals surface area contributed by atoms with Gasteiger partial charge in [0, 0.05) is 18.8 Å². The molecule has 5 heteroatoms. The zero-order valence-electron chi connectivity index (χ0n) is 10.6. The van der Waals surface area contributed by atoms with Crippen molar-refractivity contribution >= 4 is 17.7 Å². The molecule has 19 heavy (non-hydrogen) atoms. The number of terminal acetylenes is 1. The summed E-state index contributed by atoms with van der Waals surface area (Å²) in [5.74, 6) is 1.85. The van der Waals surface area contributed by atoms with Crippen molar-refractivity contribution in [3.8, 4) is 12.3 Å². The summed E-state index contributed by atoms with van der Waals surface area (Å²) in [7, 11) is 0. The predicted octanol–water partition coefficient (Wildman–Crippen LogP) is 1.39. The highest BCUT2D eigenvalue weighted by molar-refractivity contribution is 5.95. The zero-order valence-corrected chi connectivity index (χ0v) is 10.6. The van der Waals surface area contributed by atoms with Gasteiger partial charge in [0.15, 0.2) is 6.10 Å². The molecule has 0 bridgehead atoms. The van der Waals surface area contributed by atoms with Crippen molar-refractivity contribution in [2.24, 2.45) is 0 Å². The van der Waals surface area contributed by atoms with Gasteiger partial charge in [0.2, 0.25) is 0 Å². The van der Waals surface area contributed by atoms with Crippen molar-refractivity contribution in [3.63, 3.8) is 0 Å². The van der Waals surface area contributed by atoms with Gasteiger partial charge in [-0.05, 0) is 31.2 Å². The third-order valence-electron chi connectivity index (χ3n) is 2.79. The number of benzene rings is 1. The van der Waals surface area contributed by atoms with E-state index in [9.17, 15) is 9.59 Å². The summed E-state index contributed by atoms with van der Waals surface area (Å²) in [6.45, 7) is 2.87. The van der Waals surface area contributed by atoms with Gasteiger partial charge < -0.3 is 10.1 Å². The molecule has 98 valence electrons. The lowest BCUT2D eigenvalue weighted by Crippen LogP contribution is -2.27. The quantitative estimate of drug-likeness (QED) is 0.658. The van der Waals surface area contributed by atoms with Crippen LogP contribution in [0.3, 0.4) is 0 Å². The van der Waals surface area contributed by atoms with Crippen molar-refractivity contribution in [1.29, 1.82) is 0 Å². The number of anilines is 1. The molecule has 1 aromatic carbocycles. The van der Waals surface area contributed by atoms with Gasteiger partial charge in [-0.1, -0.05) is 5.92 Å². The second kappa shape index (κ2) is 5.44. The minimum atomic E-state index is -0.559. The Hall–Kier alpha value is -2.48. The molecule has 1 atom stereocenters. The maximum atomic E-state index is 11.7. The van der Waals surface area contributed by atoms with Crippen LogP contribution in [0.25, 0.3) is 0 Å². The number of hydrogen-bond donors (Lipinski definition) is 1. The van der Waals surface area contributed by atoms with Crippen LogP contribution < -0.4 is 10.2 Å². The van der Waals surface area contributed by atoms with Gasteiger partial charge in [0.05, 0.1) is 5.56 Å². The minimum absolute atomic E-state index is 0.128. The molecule has 1 N–H and O–H groups in total. The molecular formula is C14H14N2O3. The SMILES string of the molecule is C#C[C@@H](C)OC(=O)c1ccc(N2CCNC2=O)cc1. The normalized spacial score (nSPS) is 15.6. The number of carbonyl (C=O) groups is 2. The van der Waals surface area contributed by atoms with Crippen molar-refractivity contribution in [1.82, 2.24) is 5.32 Å². The number of carbonyl (C=O) groups excluding carboxylic acids is 2. The molecule has 1 saturated heterocycles. The van der Waals surface area contributed by atoms with Crippen LogP contribution in [0.15, 0.2) is 24.3 Å². The number of hydrogen-bond acceptors (Lipinski definition) is 3. The summed E-state index contributed by atoms with van der Waals surface area (Å²) in [6, 6.07) is 6.53. The van der Waals surface area contributed by atoms with Crippen LogP contribution in [-0.4, -0.2) is 31.2 Å². The Bertz CT molecular complexity index is 531. The molecule has 1 aromatic rings. The average molecular weight is 258 g/mol. The third-order valence-corrected chi connectivity index (χ3v) is 2.79. The highest BCUT2D eigenvalue weighted by Gasteiger charge is 2.21. The Morgan fingerprint density at radius 2 is 2.16 bits per heavy atom. The first-order valence-corrected chi connectivity index (χ1v) is 5.94. The minimum Gasteiger partial charge on any atom is -0.446 e. The maximum absolute atomic E-state index is 11.7. The lowest BCUT2D eigenvalue weighted by Gasteiger charge is -2.14. The lowest BCUT2D eigenvalue weighted by molar-refractivity contribution is 0.0439. The fourth-order valence-electron chi connectivity index (χ4n) is 1.76. The van der Waals surface area contributed by atoms with E-state index in [-0.39, 0.29) is 6.03 Å². The summed E-state index contributed by atoms with van der Waals surface area (Å²) < 4.78 is 5.00. The monoisotopic (exact) mass is 258 g/mol. The summed E-state index contributed by atoms with van der Waals surface area (Å²) in [4.78, 5) is 24.8. The van der Waals surface area contributed by atoms with Crippen LogP contribution >= 0.6 is 0 Å². The molecule has 2 rings (SSSR count). The second-order valence-corrected chi connectivity index (χ2v) is 4.14. The molecule has 0 saturated carbocycles. The molecule has 1 fully saturated rings. The smallest absolute Gasteiger partial charge is 0.339 e. The topological polar surface area (TPSA) is 58.6 Å². The Morgan fingerprint density at radius 3 is 2.68 bits per heavy atom. The molecule has 1 aliphatic rings. The Morgan fingerprint density at radius 1 is 1.47 bits per heavy atom. The van der Waals surface area contributed by atoms with Crippen molar-refractivity contribution in [2.45, 2.75) is 13.0 Å². The highest BCUT2D eigenvalue weighted by atomic mass is 16.5. The zero-order chi connectivity index (χ0) is 13.8. The van der Waals surface area contributed by atoms with E-state index in [1.54, 1.807) is 36.1 Å². The van der Waals surface area contributed by atoms with Crippen LogP contribution in [0.5, 0.6) is 0 Å². The first-order valence-electron chi connectivity index (χ1n) is 5.94. The number of esters is 1. The molecule has 0 spiro atoms. The number of ether oxygens (including phenoxy) is 1. The highest BCUT2D eigenvalue weighted by Crippen LogP contribution is 2.17. The Labute approximate surface area is 111 Å². The van der Waals surface area contributed by atoms with E-state index in [0.717, 1.165) is 5.69 Å². The summed E-state index contributed by atoms with van der Waals surface area (Å²) in [5, 5.41) is 2.71. The van der Waals surface area contributed by atoms with E-state index in [1.807, 2.05) is 0 Å². The fraction of sp³-hybridized carbons (Fsp3) is 0.286. The predicted molar refractivity (Wildman–Crippen MR) is 70.9 cm³/mol. The van der Waals surface area contributed by atoms with Crippen molar-refractivity contribution in [2.75, 3.05) is 18.0 Å². The van der Waals surface area contributed by atoms with Gasteiger partial charge in [0.25, 0.3) is 0 Å². The van der Waals surface area contributed by atoms with Gasteiger partial charge in [-0.3, -0.25) is 4.90 Å². The first kappa shape index (κ1) is 13.0. The van der Waals surface area contributed by atoms with E-state index in [2.05, 4.69) is 11.2 Å². The third kappa shape index (κ3) is 2.86. The van der Waals surface area contributed by atoms with E-state index < -0.39 is 12.1 Å². The molecule has 0 radical (unpaired) electrons. The number of urea groups is 1. The van der Waals surface area contributed by atoms with Crippen LogP contribution in [0, 0.1) is 12.3 Å². The molecule has 0 aromatic heterocycles. The van der Waals surface area contributed by atoms with Crippen molar-refractivity contribution in [3.05, 3.63) is 29.8 Å². The largest absolute Gasteiger partial charge is 0.446 e. The first-order chi connectivity index (χ1) is 9.11. The van der Waals surface area contributed by atoms with Crippen molar-refractivity contribution < 1.29 is 14.3 Å². The van der Waals surface area contributed by atoms with Crippen LogP contribution in [0.1, 0.15) is 17.3 Å². The molecule has 0 unspecified atom stereocenters. The second-order valence-electron chi connectivity index (χ2n) is 4.14. The maximum Gasteiger partial charge on any atom is 0.339 e. The van der Waals surface area contributed by atoms with E-state index in [0.29, 0.717) is 18.7 Å². The summed E-state index contributed by atoms with van der Waals surface area (Å²) in [6.07, 6.45) is 4.58. The number of rotatable bonds is 3.